The van der Waals surface area contributed by atoms with Gasteiger partial charge in [-0.25, -0.2) is 4.79 Å². The Bertz CT molecular complexity index is 332. The van der Waals surface area contributed by atoms with Crippen molar-refractivity contribution >= 4 is 23.2 Å². The summed E-state index contributed by atoms with van der Waals surface area (Å²) in [6, 6.07) is 0. The molecule has 0 unspecified atom stereocenters. The Labute approximate surface area is 83.5 Å². The van der Waals surface area contributed by atoms with E-state index in [0.717, 1.165) is 0 Å². The standard InChI is InChI=1S/C7H8N2O4S/c10-4-8-5-3-14-7(9-5)13-2-1-6(11)12/h3,6,11-12H,1-2H2. The highest BCUT2D eigenvalue weighted by Crippen LogP contribution is 2.23. The van der Waals surface area contributed by atoms with Crippen molar-refractivity contribution in [3.8, 4) is 5.19 Å². The maximum atomic E-state index is 9.85. The predicted octanol–water partition coefficient (Wildman–Crippen LogP) is 0.190. The van der Waals surface area contributed by atoms with Crippen LogP contribution in [0.1, 0.15) is 6.42 Å². The zero-order valence-electron chi connectivity index (χ0n) is 7.08. The molecule has 14 heavy (non-hydrogen) atoms. The number of hydrogen-bond acceptors (Lipinski definition) is 7. The summed E-state index contributed by atoms with van der Waals surface area (Å²) in [5.41, 5.74) is 0. The van der Waals surface area contributed by atoms with Gasteiger partial charge in [-0.15, -0.1) is 4.99 Å². The van der Waals surface area contributed by atoms with Gasteiger partial charge in [0.15, 0.2) is 12.1 Å². The Kier molecular flexibility index (Phi) is 4.21. The van der Waals surface area contributed by atoms with Crippen LogP contribution in [0.15, 0.2) is 10.4 Å². The van der Waals surface area contributed by atoms with Crippen LogP contribution in [0.4, 0.5) is 5.82 Å². The summed E-state index contributed by atoms with van der Waals surface area (Å²) in [4.78, 5) is 16.9. The Morgan fingerprint density at radius 3 is 3.14 bits per heavy atom. The fraction of sp³-hybridized carbons (Fsp3) is 0.429. The third kappa shape index (κ3) is 3.63. The first-order chi connectivity index (χ1) is 6.72. The molecule has 7 heteroatoms. The lowest BCUT2D eigenvalue weighted by Gasteiger charge is -2.02. The molecular weight excluding hydrogens is 208 g/mol. The number of aliphatic hydroxyl groups excluding tert-OH is 1. The van der Waals surface area contributed by atoms with Crippen LogP contribution in [0.5, 0.6) is 5.19 Å². The van der Waals surface area contributed by atoms with Crippen molar-refractivity contribution in [3.63, 3.8) is 0 Å². The van der Waals surface area contributed by atoms with E-state index in [0.29, 0.717) is 5.19 Å². The second-order valence-electron chi connectivity index (χ2n) is 2.29. The summed E-state index contributed by atoms with van der Waals surface area (Å²) < 4.78 is 5.04. The molecule has 0 aliphatic carbocycles. The first-order valence-electron chi connectivity index (χ1n) is 3.74. The molecule has 0 amide bonds. The van der Waals surface area contributed by atoms with Crippen LogP contribution in [0.2, 0.25) is 0 Å². The van der Waals surface area contributed by atoms with E-state index in [9.17, 15) is 4.79 Å². The Morgan fingerprint density at radius 1 is 1.71 bits per heavy atom. The Morgan fingerprint density at radius 2 is 2.50 bits per heavy atom. The lowest BCUT2D eigenvalue weighted by atomic mass is 10.4. The third-order valence-electron chi connectivity index (χ3n) is 1.23. The van der Waals surface area contributed by atoms with Crippen molar-refractivity contribution in [2.45, 2.75) is 12.7 Å². The van der Waals surface area contributed by atoms with Crippen LogP contribution in [0.25, 0.3) is 0 Å². The van der Waals surface area contributed by atoms with Crippen molar-refractivity contribution in [3.05, 3.63) is 5.38 Å². The monoisotopic (exact) mass is 216 g/mol. The number of aromatic nitrogens is 1. The van der Waals surface area contributed by atoms with E-state index in [4.69, 9.17) is 14.9 Å². The van der Waals surface area contributed by atoms with Gasteiger partial charge in [0.05, 0.1) is 6.61 Å². The summed E-state index contributed by atoms with van der Waals surface area (Å²) in [6.45, 7) is 0.148. The van der Waals surface area contributed by atoms with Gasteiger partial charge in [-0.2, -0.15) is 4.98 Å². The maximum Gasteiger partial charge on any atom is 0.275 e. The third-order valence-corrected chi connectivity index (χ3v) is 1.97. The molecule has 1 aromatic rings. The zero-order valence-corrected chi connectivity index (χ0v) is 7.90. The van der Waals surface area contributed by atoms with E-state index >= 15 is 0 Å². The number of aliphatic imine (C=N–C) groups is 1. The van der Waals surface area contributed by atoms with E-state index in [1.54, 1.807) is 0 Å². The van der Waals surface area contributed by atoms with Crippen molar-refractivity contribution in [1.29, 1.82) is 0 Å². The molecule has 0 spiro atoms. The Balaban J connectivity index is 2.40. The van der Waals surface area contributed by atoms with Gasteiger partial charge in [0.1, 0.15) is 0 Å². The molecule has 0 bridgehead atoms. The second-order valence-corrected chi connectivity index (χ2v) is 3.11. The molecule has 76 valence electrons. The largest absolute Gasteiger partial charge is 0.470 e. The summed E-state index contributed by atoms with van der Waals surface area (Å²) in [5.74, 6) is 0.240. The molecule has 1 aromatic heterocycles. The van der Waals surface area contributed by atoms with Crippen LogP contribution in [-0.2, 0) is 4.79 Å². The van der Waals surface area contributed by atoms with Crippen molar-refractivity contribution in [2.75, 3.05) is 6.61 Å². The number of nitrogens with zero attached hydrogens (tertiary/aromatic N) is 2. The van der Waals surface area contributed by atoms with Gasteiger partial charge in [0.2, 0.25) is 6.08 Å². The fourth-order valence-corrected chi connectivity index (χ4v) is 1.27. The summed E-state index contributed by atoms with van der Waals surface area (Å²) in [6.07, 6.45) is 0.0716. The normalized spacial score (nSPS) is 9.93. The molecule has 0 fully saturated rings. The molecule has 0 saturated carbocycles. The van der Waals surface area contributed by atoms with Gasteiger partial charge in [0.25, 0.3) is 5.19 Å². The highest BCUT2D eigenvalue weighted by Gasteiger charge is 2.03. The summed E-state index contributed by atoms with van der Waals surface area (Å²) in [7, 11) is 0. The minimum absolute atomic E-state index is 0.103. The molecule has 0 saturated heterocycles. The van der Waals surface area contributed by atoms with Crippen LogP contribution < -0.4 is 4.74 Å². The number of thiazole rings is 1. The molecule has 0 atom stereocenters. The lowest BCUT2D eigenvalue weighted by Crippen LogP contribution is -2.10. The molecule has 1 rings (SSSR count). The quantitative estimate of drug-likeness (QED) is 0.416. The maximum absolute atomic E-state index is 9.85. The van der Waals surface area contributed by atoms with Gasteiger partial charge < -0.3 is 14.9 Å². The first kappa shape index (κ1) is 10.8. The number of ether oxygens (including phenoxy) is 1. The summed E-state index contributed by atoms with van der Waals surface area (Å²) >= 11 is 1.17. The lowest BCUT2D eigenvalue weighted by molar-refractivity contribution is -0.0519. The second kappa shape index (κ2) is 5.46. The van der Waals surface area contributed by atoms with Crippen molar-refractivity contribution in [2.24, 2.45) is 4.99 Å². The minimum Gasteiger partial charge on any atom is -0.470 e. The summed E-state index contributed by atoms with van der Waals surface area (Å²) in [5, 5.41) is 18.9. The first-order valence-corrected chi connectivity index (χ1v) is 4.62. The average Bonchev–Trinajstić information content (AvgIpc) is 2.53. The van der Waals surface area contributed by atoms with Gasteiger partial charge in [-0.3, -0.25) is 0 Å². The van der Waals surface area contributed by atoms with E-state index in [1.165, 1.54) is 22.8 Å². The average molecular weight is 216 g/mol. The predicted molar refractivity (Wildman–Crippen MR) is 48.2 cm³/mol. The van der Waals surface area contributed by atoms with E-state index in [1.807, 2.05) is 0 Å². The molecule has 1 heterocycles. The van der Waals surface area contributed by atoms with Crippen molar-refractivity contribution < 1.29 is 19.7 Å². The molecular formula is C7H8N2O4S. The molecule has 6 nitrogen and oxygen atoms in total. The molecule has 0 radical (unpaired) electrons. The smallest absolute Gasteiger partial charge is 0.275 e. The van der Waals surface area contributed by atoms with Crippen molar-refractivity contribution in [1.82, 2.24) is 4.98 Å². The van der Waals surface area contributed by atoms with Gasteiger partial charge in [0, 0.05) is 11.8 Å². The van der Waals surface area contributed by atoms with Gasteiger partial charge in [-0.05, 0) is 0 Å². The van der Waals surface area contributed by atoms with E-state index in [-0.39, 0.29) is 18.8 Å². The molecule has 0 aliphatic rings. The van der Waals surface area contributed by atoms with E-state index in [2.05, 4.69) is 9.98 Å². The topological polar surface area (TPSA) is 92.0 Å². The minimum atomic E-state index is -1.39. The SMILES string of the molecule is O=C=Nc1csc(OCCC(O)O)n1. The van der Waals surface area contributed by atoms with Crippen LogP contribution in [0.3, 0.4) is 0 Å². The van der Waals surface area contributed by atoms with E-state index < -0.39 is 6.29 Å². The number of aliphatic hydroxyl groups is 2. The number of isocyanates is 1. The molecule has 2 N–H and O–H groups in total. The zero-order chi connectivity index (χ0) is 10.4. The number of carbonyl (C=O) groups excluding carboxylic acids is 1. The van der Waals surface area contributed by atoms with Crippen LogP contribution >= 0.6 is 11.3 Å². The Hall–Kier alpha value is -1.27. The van der Waals surface area contributed by atoms with Gasteiger partial charge in [-0.1, -0.05) is 11.3 Å². The van der Waals surface area contributed by atoms with Crippen LogP contribution in [0, 0.1) is 0 Å². The van der Waals surface area contributed by atoms with Gasteiger partial charge >= 0.3 is 0 Å². The molecule has 0 aromatic carbocycles. The number of rotatable bonds is 5. The molecule has 0 aliphatic heterocycles. The highest BCUT2D eigenvalue weighted by molar-refractivity contribution is 7.11. The fourth-order valence-electron chi connectivity index (χ4n) is 0.665. The number of hydrogen-bond donors (Lipinski definition) is 2. The highest BCUT2D eigenvalue weighted by atomic mass is 32.1. The van der Waals surface area contributed by atoms with Crippen LogP contribution in [-0.4, -0.2) is 34.2 Å².